The second kappa shape index (κ2) is 5.83. The molecule has 0 saturated carbocycles. The van der Waals surface area contributed by atoms with E-state index >= 15 is 0 Å². The van der Waals surface area contributed by atoms with E-state index in [-0.39, 0.29) is 13.0 Å². The van der Waals surface area contributed by atoms with Gasteiger partial charge < -0.3 is 10.2 Å². The van der Waals surface area contributed by atoms with Crippen molar-refractivity contribution < 1.29 is 15.0 Å². The summed E-state index contributed by atoms with van der Waals surface area (Å²) < 4.78 is 1.53. The number of hydrogen-bond donors (Lipinski definition) is 2. The molecule has 0 aliphatic heterocycles. The van der Waals surface area contributed by atoms with Crippen LogP contribution in [0.2, 0.25) is 0 Å². The topological polar surface area (TPSA) is 88.2 Å². The second-order valence-electron chi connectivity index (χ2n) is 4.94. The predicted molar refractivity (Wildman–Crippen MR) is 72.0 cm³/mol. The molecule has 0 amide bonds. The van der Waals surface area contributed by atoms with Crippen LogP contribution in [-0.4, -0.2) is 31.2 Å². The highest BCUT2D eigenvalue weighted by Crippen LogP contribution is 2.21. The van der Waals surface area contributed by atoms with E-state index in [1.54, 1.807) is 13.1 Å². The maximum atomic E-state index is 10.5. The standard InChI is InChI=1S/C14H17N3O3/c1-14(20,11-5-3-2-4-6-11)10-17-9-12(15-16-17)7-8-13(18)19/h2-6,9,20H,7-8,10H2,1H3,(H,18,19). The van der Waals surface area contributed by atoms with Crippen LogP contribution < -0.4 is 0 Å². The third-order valence-electron chi connectivity index (χ3n) is 3.05. The summed E-state index contributed by atoms with van der Waals surface area (Å²) in [5, 5.41) is 26.9. The highest BCUT2D eigenvalue weighted by Gasteiger charge is 2.24. The smallest absolute Gasteiger partial charge is 0.303 e. The third kappa shape index (κ3) is 3.64. The third-order valence-corrected chi connectivity index (χ3v) is 3.05. The fraction of sp³-hybridized carbons (Fsp3) is 0.357. The Labute approximate surface area is 116 Å². The Morgan fingerprint density at radius 1 is 1.35 bits per heavy atom. The van der Waals surface area contributed by atoms with Gasteiger partial charge in [-0.3, -0.25) is 4.79 Å². The molecule has 2 aromatic rings. The van der Waals surface area contributed by atoms with E-state index in [9.17, 15) is 9.90 Å². The Kier molecular flexibility index (Phi) is 4.14. The van der Waals surface area contributed by atoms with E-state index in [4.69, 9.17) is 5.11 Å². The number of rotatable bonds is 6. The summed E-state index contributed by atoms with van der Waals surface area (Å²) in [4.78, 5) is 10.5. The molecule has 0 radical (unpaired) electrons. The van der Waals surface area contributed by atoms with Crippen LogP contribution in [0.5, 0.6) is 0 Å². The van der Waals surface area contributed by atoms with Crippen LogP contribution in [0.15, 0.2) is 36.5 Å². The molecule has 0 spiro atoms. The lowest BCUT2D eigenvalue weighted by Crippen LogP contribution is -2.28. The van der Waals surface area contributed by atoms with Crippen molar-refractivity contribution in [3.8, 4) is 0 Å². The number of aliphatic carboxylic acids is 1. The Morgan fingerprint density at radius 3 is 2.70 bits per heavy atom. The molecule has 1 aromatic heterocycles. The van der Waals surface area contributed by atoms with E-state index in [2.05, 4.69) is 10.3 Å². The minimum Gasteiger partial charge on any atom is -0.481 e. The summed E-state index contributed by atoms with van der Waals surface area (Å²) in [6.07, 6.45) is 2.02. The molecule has 1 aromatic carbocycles. The quantitative estimate of drug-likeness (QED) is 0.827. The van der Waals surface area contributed by atoms with Crippen molar-refractivity contribution in [1.29, 1.82) is 0 Å². The van der Waals surface area contributed by atoms with E-state index in [0.29, 0.717) is 12.1 Å². The first-order chi connectivity index (χ1) is 9.47. The molecule has 6 nitrogen and oxygen atoms in total. The summed E-state index contributed by atoms with van der Waals surface area (Å²) in [5.74, 6) is -0.865. The lowest BCUT2D eigenvalue weighted by Gasteiger charge is -2.23. The summed E-state index contributed by atoms with van der Waals surface area (Å²) in [7, 11) is 0. The van der Waals surface area contributed by atoms with Crippen molar-refractivity contribution in [2.75, 3.05) is 0 Å². The molecule has 0 bridgehead atoms. The lowest BCUT2D eigenvalue weighted by molar-refractivity contribution is -0.136. The molecule has 1 unspecified atom stereocenters. The summed E-state index contributed by atoms with van der Waals surface area (Å²) in [5.41, 5.74) is 0.345. The second-order valence-corrected chi connectivity index (χ2v) is 4.94. The average molecular weight is 275 g/mol. The van der Waals surface area contributed by atoms with Gasteiger partial charge in [-0.15, -0.1) is 5.10 Å². The summed E-state index contributed by atoms with van der Waals surface area (Å²) in [6.45, 7) is 1.97. The number of benzene rings is 1. The number of hydrogen-bond acceptors (Lipinski definition) is 4. The Bertz CT molecular complexity index is 578. The van der Waals surface area contributed by atoms with Gasteiger partial charge in [0.15, 0.2) is 0 Å². The van der Waals surface area contributed by atoms with Gasteiger partial charge in [-0.05, 0) is 12.5 Å². The van der Waals surface area contributed by atoms with E-state index < -0.39 is 11.6 Å². The maximum Gasteiger partial charge on any atom is 0.303 e. The van der Waals surface area contributed by atoms with Gasteiger partial charge in [0, 0.05) is 12.6 Å². The van der Waals surface area contributed by atoms with E-state index in [1.165, 1.54) is 4.68 Å². The average Bonchev–Trinajstić information content (AvgIpc) is 2.84. The van der Waals surface area contributed by atoms with Crippen molar-refractivity contribution in [1.82, 2.24) is 15.0 Å². The normalized spacial score (nSPS) is 13.9. The highest BCUT2D eigenvalue weighted by molar-refractivity contribution is 5.66. The minimum atomic E-state index is -1.06. The van der Waals surface area contributed by atoms with Crippen LogP contribution >= 0.6 is 0 Å². The van der Waals surface area contributed by atoms with Gasteiger partial charge in [0.05, 0.1) is 18.7 Å². The molecule has 2 rings (SSSR count). The molecule has 1 atom stereocenters. The van der Waals surface area contributed by atoms with Crippen LogP contribution in [-0.2, 0) is 23.4 Å². The molecule has 106 valence electrons. The van der Waals surface area contributed by atoms with Crippen LogP contribution in [0.4, 0.5) is 0 Å². The number of aromatic nitrogens is 3. The number of aryl methyl sites for hydroxylation is 1. The Balaban J connectivity index is 2.04. The van der Waals surface area contributed by atoms with Gasteiger partial charge in [-0.25, -0.2) is 4.68 Å². The predicted octanol–water partition coefficient (Wildman–Crippen LogP) is 1.20. The van der Waals surface area contributed by atoms with Crippen LogP contribution in [0.25, 0.3) is 0 Å². The number of carboxylic acid groups (broad SMARTS) is 1. The fourth-order valence-corrected chi connectivity index (χ4v) is 1.97. The number of carbonyl (C=O) groups is 1. The maximum absolute atomic E-state index is 10.5. The Morgan fingerprint density at radius 2 is 2.05 bits per heavy atom. The van der Waals surface area contributed by atoms with Crippen molar-refractivity contribution in [3.05, 3.63) is 47.8 Å². The molecule has 6 heteroatoms. The van der Waals surface area contributed by atoms with Gasteiger partial charge >= 0.3 is 5.97 Å². The first kappa shape index (κ1) is 14.2. The lowest BCUT2D eigenvalue weighted by atomic mass is 9.96. The first-order valence-electron chi connectivity index (χ1n) is 6.36. The largest absolute Gasteiger partial charge is 0.481 e. The van der Waals surface area contributed by atoms with Crippen molar-refractivity contribution in [2.24, 2.45) is 0 Å². The minimum absolute atomic E-state index is 0.0216. The van der Waals surface area contributed by atoms with E-state index in [0.717, 1.165) is 5.56 Å². The van der Waals surface area contributed by atoms with Crippen molar-refractivity contribution in [3.63, 3.8) is 0 Å². The van der Waals surface area contributed by atoms with Crippen LogP contribution in [0.3, 0.4) is 0 Å². The first-order valence-corrected chi connectivity index (χ1v) is 6.36. The molecule has 0 aliphatic carbocycles. The highest BCUT2D eigenvalue weighted by atomic mass is 16.4. The van der Waals surface area contributed by atoms with Crippen LogP contribution in [0.1, 0.15) is 24.6 Å². The zero-order chi connectivity index (χ0) is 14.6. The van der Waals surface area contributed by atoms with E-state index in [1.807, 2.05) is 30.3 Å². The van der Waals surface area contributed by atoms with Crippen molar-refractivity contribution in [2.45, 2.75) is 31.9 Å². The fourth-order valence-electron chi connectivity index (χ4n) is 1.97. The molecule has 0 saturated heterocycles. The molecular weight excluding hydrogens is 258 g/mol. The van der Waals surface area contributed by atoms with Crippen molar-refractivity contribution >= 4 is 5.97 Å². The number of nitrogens with zero attached hydrogens (tertiary/aromatic N) is 3. The van der Waals surface area contributed by atoms with Gasteiger partial charge in [0.1, 0.15) is 5.60 Å². The molecule has 1 heterocycles. The molecule has 20 heavy (non-hydrogen) atoms. The molecule has 0 aliphatic rings. The van der Waals surface area contributed by atoms with Gasteiger partial charge in [0.25, 0.3) is 0 Å². The van der Waals surface area contributed by atoms with Gasteiger partial charge in [0.2, 0.25) is 0 Å². The van der Waals surface area contributed by atoms with Gasteiger partial charge in [-0.1, -0.05) is 35.5 Å². The molecule has 2 N–H and O–H groups in total. The van der Waals surface area contributed by atoms with Gasteiger partial charge in [-0.2, -0.15) is 0 Å². The summed E-state index contributed by atoms with van der Waals surface area (Å²) in [6, 6.07) is 9.32. The van der Waals surface area contributed by atoms with Crippen LogP contribution in [0, 0.1) is 0 Å². The SMILES string of the molecule is CC(O)(Cn1cc(CCC(=O)O)nn1)c1ccccc1. The number of aliphatic hydroxyl groups is 1. The number of carboxylic acids is 1. The Hall–Kier alpha value is -2.21. The summed E-state index contributed by atoms with van der Waals surface area (Å²) >= 11 is 0. The zero-order valence-electron chi connectivity index (χ0n) is 11.2. The zero-order valence-corrected chi connectivity index (χ0v) is 11.2. The monoisotopic (exact) mass is 275 g/mol. The molecular formula is C14H17N3O3. The molecule has 0 fully saturated rings.